The molecule has 2 N–H and O–H groups in total. The first-order chi connectivity index (χ1) is 15.6. The second kappa shape index (κ2) is 8.61. The van der Waals surface area contributed by atoms with E-state index < -0.39 is 0 Å². The summed E-state index contributed by atoms with van der Waals surface area (Å²) in [4.78, 5) is 31.4. The highest BCUT2D eigenvalue weighted by Crippen LogP contribution is 2.35. The normalized spacial score (nSPS) is 17.2. The molecule has 0 bridgehead atoms. The summed E-state index contributed by atoms with van der Waals surface area (Å²) in [6.07, 6.45) is 5.86. The molecule has 1 saturated heterocycles. The van der Waals surface area contributed by atoms with Gasteiger partial charge in [-0.2, -0.15) is 0 Å². The molecule has 5 rings (SSSR count). The molecule has 0 aliphatic carbocycles. The number of furan rings is 1. The molecule has 32 heavy (non-hydrogen) atoms. The Labute approximate surface area is 190 Å². The van der Waals surface area contributed by atoms with Crippen molar-refractivity contribution >= 4 is 40.8 Å². The van der Waals surface area contributed by atoms with Crippen molar-refractivity contribution in [2.24, 2.45) is 0 Å². The van der Waals surface area contributed by atoms with Crippen LogP contribution in [0.5, 0.6) is 0 Å². The average Bonchev–Trinajstić information content (AvgIpc) is 3.27. The number of rotatable bonds is 3. The highest BCUT2D eigenvalue weighted by atomic mass is 35.5. The van der Waals surface area contributed by atoms with Crippen molar-refractivity contribution in [2.75, 3.05) is 31.5 Å². The van der Waals surface area contributed by atoms with Crippen LogP contribution in [-0.4, -0.2) is 47.9 Å². The van der Waals surface area contributed by atoms with E-state index in [-0.39, 0.29) is 11.8 Å². The predicted molar refractivity (Wildman–Crippen MR) is 123 cm³/mol. The van der Waals surface area contributed by atoms with Gasteiger partial charge in [0.2, 0.25) is 0 Å². The molecule has 2 amide bonds. The molecule has 1 aromatic carbocycles. The summed E-state index contributed by atoms with van der Waals surface area (Å²) in [7, 11) is 0. The largest absolute Gasteiger partial charge is 0.457 e. The number of fused-ring (bicyclic) bond motifs is 1. The van der Waals surface area contributed by atoms with E-state index in [1.807, 2.05) is 4.90 Å². The van der Waals surface area contributed by atoms with Crippen LogP contribution in [0.3, 0.4) is 0 Å². The summed E-state index contributed by atoms with van der Waals surface area (Å²) in [6.45, 7) is 3.11. The third-order valence-corrected chi connectivity index (χ3v) is 5.81. The number of anilines is 1. The standard InChI is InChI=1S/C24H21ClN4O3/c25-17-2-4-21-19(11-17)20(23(30)28-21)12-18-3-5-22(32-18)15-10-16(14-27-13-15)24(31)29-8-1-6-26-7-9-29/h2-5,10-14,26H,1,6-9H2,(H,28,30)/b20-12+. The second-order valence-corrected chi connectivity index (χ2v) is 8.20. The maximum atomic E-state index is 12.9. The monoisotopic (exact) mass is 448 g/mol. The lowest BCUT2D eigenvalue weighted by Crippen LogP contribution is -2.34. The molecule has 0 atom stereocenters. The van der Waals surface area contributed by atoms with Gasteiger partial charge in [-0.15, -0.1) is 0 Å². The number of aromatic nitrogens is 1. The van der Waals surface area contributed by atoms with Crippen LogP contribution < -0.4 is 10.6 Å². The molecular formula is C24H21ClN4O3. The van der Waals surface area contributed by atoms with Crippen molar-refractivity contribution in [3.8, 4) is 11.3 Å². The van der Waals surface area contributed by atoms with Crippen LogP contribution in [0.1, 0.15) is 28.1 Å². The van der Waals surface area contributed by atoms with Crippen molar-refractivity contribution in [1.82, 2.24) is 15.2 Å². The summed E-state index contributed by atoms with van der Waals surface area (Å²) in [5.41, 5.74) is 3.17. The molecule has 7 nitrogen and oxygen atoms in total. The van der Waals surface area contributed by atoms with E-state index >= 15 is 0 Å². The van der Waals surface area contributed by atoms with Crippen molar-refractivity contribution < 1.29 is 14.0 Å². The molecule has 2 aromatic heterocycles. The fraction of sp³-hybridized carbons (Fsp3) is 0.208. The Morgan fingerprint density at radius 2 is 2.03 bits per heavy atom. The van der Waals surface area contributed by atoms with Crippen LogP contribution in [0.2, 0.25) is 5.02 Å². The SMILES string of the molecule is O=C1Nc2ccc(Cl)cc2/C1=C\c1ccc(-c2cncc(C(=O)N3CCCNCC3)c2)o1. The van der Waals surface area contributed by atoms with E-state index in [1.54, 1.807) is 54.9 Å². The number of nitrogens with one attached hydrogen (secondary N) is 2. The van der Waals surface area contributed by atoms with Gasteiger partial charge in [0.25, 0.3) is 11.8 Å². The molecule has 2 aliphatic rings. The van der Waals surface area contributed by atoms with Crippen LogP contribution in [0.15, 0.2) is 53.2 Å². The van der Waals surface area contributed by atoms with Gasteiger partial charge in [-0.3, -0.25) is 14.6 Å². The van der Waals surface area contributed by atoms with E-state index in [0.717, 1.165) is 37.3 Å². The van der Waals surface area contributed by atoms with Gasteiger partial charge < -0.3 is 20.0 Å². The summed E-state index contributed by atoms with van der Waals surface area (Å²) in [6, 6.07) is 10.6. The van der Waals surface area contributed by atoms with Crippen LogP contribution in [0.4, 0.5) is 5.69 Å². The number of carbonyl (C=O) groups is 2. The highest BCUT2D eigenvalue weighted by Gasteiger charge is 2.25. The second-order valence-electron chi connectivity index (χ2n) is 7.76. The van der Waals surface area contributed by atoms with Crippen molar-refractivity contribution in [3.05, 3.63) is 70.7 Å². The quantitative estimate of drug-likeness (QED) is 0.593. The van der Waals surface area contributed by atoms with Gasteiger partial charge in [-0.1, -0.05) is 11.6 Å². The van der Waals surface area contributed by atoms with E-state index in [9.17, 15) is 9.59 Å². The molecule has 0 spiro atoms. The Balaban J connectivity index is 1.40. The lowest BCUT2D eigenvalue weighted by Gasteiger charge is -2.19. The smallest absolute Gasteiger partial charge is 0.256 e. The minimum absolute atomic E-state index is 0.0342. The van der Waals surface area contributed by atoms with Crippen LogP contribution in [0.25, 0.3) is 23.0 Å². The number of carbonyl (C=O) groups excluding carboxylic acids is 2. The molecule has 162 valence electrons. The van der Waals surface area contributed by atoms with Gasteiger partial charge in [-0.25, -0.2) is 0 Å². The van der Waals surface area contributed by atoms with Gasteiger partial charge in [0, 0.05) is 53.9 Å². The molecule has 4 heterocycles. The van der Waals surface area contributed by atoms with Crippen molar-refractivity contribution in [3.63, 3.8) is 0 Å². The van der Waals surface area contributed by atoms with E-state index in [1.165, 1.54) is 0 Å². The molecule has 3 aromatic rings. The van der Waals surface area contributed by atoms with E-state index in [4.69, 9.17) is 16.0 Å². The number of benzene rings is 1. The van der Waals surface area contributed by atoms with E-state index in [0.29, 0.717) is 39.8 Å². The Morgan fingerprint density at radius 1 is 1.12 bits per heavy atom. The number of halogens is 1. The number of hydrogen-bond donors (Lipinski definition) is 2. The Morgan fingerprint density at radius 3 is 2.94 bits per heavy atom. The highest BCUT2D eigenvalue weighted by molar-refractivity contribution is 6.36. The molecule has 0 radical (unpaired) electrons. The van der Waals surface area contributed by atoms with Crippen LogP contribution >= 0.6 is 11.6 Å². The predicted octanol–water partition coefficient (Wildman–Crippen LogP) is 3.92. The number of nitrogens with zero attached hydrogens (tertiary/aromatic N) is 2. The summed E-state index contributed by atoms with van der Waals surface area (Å²) < 4.78 is 5.96. The van der Waals surface area contributed by atoms with Crippen molar-refractivity contribution in [2.45, 2.75) is 6.42 Å². The lowest BCUT2D eigenvalue weighted by atomic mass is 10.1. The zero-order valence-electron chi connectivity index (χ0n) is 17.2. The van der Waals surface area contributed by atoms with Crippen molar-refractivity contribution in [1.29, 1.82) is 0 Å². The molecule has 0 unspecified atom stereocenters. The fourth-order valence-electron chi connectivity index (χ4n) is 3.95. The molecule has 1 fully saturated rings. The first kappa shape index (κ1) is 20.5. The summed E-state index contributed by atoms with van der Waals surface area (Å²) >= 11 is 6.10. The minimum atomic E-state index is -0.207. The van der Waals surface area contributed by atoms with Crippen LogP contribution in [0, 0.1) is 0 Å². The Hall–Kier alpha value is -3.42. The topological polar surface area (TPSA) is 87.5 Å². The van der Waals surface area contributed by atoms with E-state index in [2.05, 4.69) is 15.6 Å². The third kappa shape index (κ3) is 4.04. The zero-order chi connectivity index (χ0) is 22.1. The molecule has 8 heteroatoms. The fourth-order valence-corrected chi connectivity index (χ4v) is 4.13. The zero-order valence-corrected chi connectivity index (χ0v) is 18.0. The number of amides is 2. The Kier molecular flexibility index (Phi) is 5.51. The summed E-state index contributed by atoms with van der Waals surface area (Å²) in [5.74, 6) is 0.851. The van der Waals surface area contributed by atoms with Gasteiger partial charge in [0.15, 0.2) is 0 Å². The maximum Gasteiger partial charge on any atom is 0.256 e. The average molecular weight is 449 g/mol. The number of pyridine rings is 1. The molecular weight excluding hydrogens is 428 g/mol. The van der Waals surface area contributed by atoms with Crippen LogP contribution in [-0.2, 0) is 4.79 Å². The van der Waals surface area contributed by atoms with Gasteiger partial charge >= 0.3 is 0 Å². The maximum absolute atomic E-state index is 12.9. The minimum Gasteiger partial charge on any atom is -0.457 e. The molecule has 0 saturated carbocycles. The van der Waals surface area contributed by atoms with Gasteiger partial charge in [0.1, 0.15) is 11.5 Å². The first-order valence-corrected chi connectivity index (χ1v) is 10.8. The molecule has 2 aliphatic heterocycles. The lowest BCUT2D eigenvalue weighted by molar-refractivity contribution is -0.110. The first-order valence-electron chi connectivity index (χ1n) is 10.5. The Bertz CT molecular complexity index is 1230. The van der Waals surface area contributed by atoms with Gasteiger partial charge in [-0.05, 0) is 55.4 Å². The number of hydrogen-bond acceptors (Lipinski definition) is 5. The van der Waals surface area contributed by atoms with Gasteiger partial charge in [0.05, 0.1) is 11.1 Å². The third-order valence-electron chi connectivity index (χ3n) is 5.57. The summed E-state index contributed by atoms with van der Waals surface area (Å²) in [5, 5.41) is 6.68.